The van der Waals surface area contributed by atoms with Crippen LogP contribution in [0.4, 0.5) is 0 Å². The largest absolute Gasteiger partial charge is 0.504 e. The van der Waals surface area contributed by atoms with E-state index in [0.717, 1.165) is 27.4 Å². The van der Waals surface area contributed by atoms with Crippen LogP contribution in [-0.4, -0.2) is 31.9 Å². The van der Waals surface area contributed by atoms with E-state index < -0.39 is 0 Å². The van der Waals surface area contributed by atoms with Crippen molar-refractivity contribution in [3.05, 3.63) is 69.2 Å². The second kappa shape index (κ2) is 4.41. The highest BCUT2D eigenvalue weighted by Crippen LogP contribution is 2.34. The molecule has 2 aliphatic heterocycles. The maximum atomic E-state index is 9.76. The number of aliphatic hydroxyl groups is 2. The van der Waals surface area contributed by atoms with Gasteiger partial charge in [0.05, 0.1) is 24.3 Å². The third-order valence-corrected chi connectivity index (χ3v) is 4.34. The van der Waals surface area contributed by atoms with Gasteiger partial charge in [0.25, 0.3) is 0 Å². The monoisotopic (exact) mass is 308 g/mol. The van der Waals surface area contributed by atoms with Gasteiger partial charge < -0.3 is 25.3 Å². The summed E-state index contributed by atoms with van der Waals surface area (Å²) in [6.45, 7) is 2.53. The summed E-state index contributed by atoms with van der Waals surface area (Å²) in [5.74, 6) is -0.831. The Labute approximate surface area is 132 Å². The maximum absolute atomic E-state index is 9.76. The SMILES string of the molecule is CC1=c2cc(O)c(O)cc2=CC2=C3[C+]=C(O)C(O)=CC3=CCN21. The summed E-state index contributed by atoms with van der Waals surface area (Å²) in [4.78, 5) is 2.04. The first kappa shape index (κ1) is 13.5. The number of hydrogen-bond acceptors (Lipinski definition) is 5. The Morgan fingerprint density at radius 2 is 1.78 bits per heavy atom. The van der Waals surface area contributed by atoms with Crippen LogP contribution in [-0.2, 0) is 0 Å². The Morgan fingerprint density at radius 3 is 2.57 bits per heavy atom. The molecule has 4 N–H and O–H groups in total. The Bertz CT molecular complexity index is 993. The molecule has 114 valence electrons. The number of phenols is 2. The van der Waals surface area contributed by atoms with E-state index >= 15 is 0 Å². The van der Waals surface area contributed by atoms with E-state index in [2.05, 4.69) is 6.08 Å². The molecule has 4 rings (SSSR count). The molecule has 0 unspecified atom stereocenters. The van der Waals surface area contributed by atoms with E-state index in [0.29, 0.717) is 12.1 Å². The Balaban J connectivity index is 2.03. The fourth-order valence-electron chi connectivity index (χ4n) is 3.12. The first-order valence-electron chi connectivity index (χ1n) is 7.16. The second-order valence-electron chi connectivity index (χ2n) is 5.69. The minimum atomic E-state index is -0.295. The van der Waals surface area contributed by atoms with Gasteiger partial charge in [0.1, 0.15) is 5.70 Å². The maximum Gasteiger partial charge on any atom is 0.300 e. The quantitative estimate of drug-likeness (QED) is 0.428. The van der Waals surface area contributed by atoms with Crippen LogP contribution in [0.3, 0.4) is 0 Å². The number of hydrogen-bond donors (Lipinski definition) is 4. The molecule has 0 aromatic heterocycles. The first-order chi connectivity index (χ1) is 11.0. The molecule has 0 spiro atoms. The summed E-state index contributed by atoms with van der Waals surface area (Å²) in [6, 6.07) is 3.05. The van der Waals surface area contributed by atoms with Gasteiger partial charge in [0.15, 0.2) is 17.1 Å². The molecule has 2 heterocycles. The number of benzene rings is 1. The summed E-state index contributed by atoms with van der Waals surface area (Å²) in [5, 5.41) is 40.5. The minimum Gasteiger partial charge on any atom is -0.504 e. The van der Waals surface area contributed by atoms with Gasteiger partial charge in [0.2, 0.25) is 5.76 Å². The lowest BCUT2D eigenvalue weighted by Crippen LogP contribution is -2.39. The smallest absolute Gasteiger partial charge is 0.300 e. The molecule has 1 aromatic carbocycles. The highest BCUT2D eigenvalue weighted by molar-refractivity contribution is 5.70. The lowest BCUT2D eigenvalue weighted by Gasteiger charge is -2.29. The number of allylic oxidation sites excluding steroid dienone is 5. The van der Waals surface area contributed by atoms with Gasteiger partial charge in [-0.3, -0.25) is 0 Å². The van der Waals surface area contributed by atoms with E-state index in [-0.39, 0.29) is 23.0 Å². The van der Waals surface area contributed by atoms with Gasteiger partial charge in [-0.05, 0) is 30.4 Å². The molecule has 5 nitrogen and oxygen atoms in total. The topological polar surface area (TPSA) is 84.2 Å². The molecule has 1 aliphatic carbocycles. The van der Waals surface area contributed by atoms with Crippen LogP contribution in [0.2, 0.25) is 0 Å². The van der Waals surface area contributed by atoms with Crippen LogP contribution < -0.4 is 10.4 Å². The van der Waals surface area contributed by atoms with Gasteiger partial charge in [-0.25, -0.2) is 0 Å². The van der Waals surface area contributed by atoms with Gasteiger partial charge in [-0.15, -0.1) is 0 Å². The molecule has 23 heavy (non-hydrogen) atoms. The molecule has 0 fully saturated rings. The van der Waals surface area contributed by atoms with Crippen LogP contribution in [0, 0.1) is 6.08 Å². The first-order valence-corrected chi connectivity index (χ1v) is 7.16. The zero-order valence-corrected chi connectivity index (χ0v) is 12.3. The van der Waals surface area contributed by atoms with Gasteiger partial charge in [-0.1, -0.05) is 0 Å². The van der Waals surface area contributed by atoms with Crippen LogP contribution in [0.5, 0.6) is 11.5 Å². The van der Waals surface area contributed by atoms with Crippen molar-refractivity contribution in [3.8, 4) is 11.5 Å². The minimum absolute atomic E-state index is 0.157. The molecule has 1 aromatic rings. The van der Waals surface area contributed by atoms with Crippen molar-refractivity contribution < 1.29 is 20.4 Å². The van der Waals surface area contributed by atoms with Crippen molar-refractivity contribution in [2.45, 2.75) is 6.92 Å². The molecular formula is C18H14NO4+. The predicted octanol–water partition coefficient (Wildman–Crippen LogP) is 1.22. The van der Waals surface area contributed by atoms with Crippen molar-refractivity contribution in [1.29, 1.82) is 0 Å². The average Bonchev–Trinajstić information content (AvgIpc) is 2.51. The van der Waals surface area contributed by atoms with E-state index in [1.807, 2.05) is 24.0 Å². The fraction of sp³-hybridized carbons (Fsp3) is 0.111. The molecule has 0 radical (unpaired) electrons. The molecule has 0 bridgehead atoms. The number of rotatable bonds is 0. The number of aromatic hydroxyl groups is 2. The van der Waals surface area contributed by atoms with E-state index in [1.54, 1.807) is 6.07 Å². The number of aliphatic hydroxyl groups excluding tert-OH is 2. The molecular weight excluding hydrogens is 294 g/mol. The van der Waals surface area contributed by atoms with Gasteiger partial charge in [0, 0.05) is 17.0 Å². The molecule has 0 amide bonds. The van der Waals surface area contributed by atoms with Crippen LogP contribution in [0.1, 0.15) is 6.92 Å². The number of phenolic OH excluding ortho intramolecular Hbond substituents is 2. The van der Waals surface area contributed by atoms with Crippen molar-refractivity contribution in [3.63, 3.8) is 0 Å². The summed E-state index contributed by atoms with van der Waals surface area (Å²) < 4.78 is 0. The number of fused-ring (bicyclic) bond motifs is 3. The Kier molecular flexibility index (Phi) is 2.59. The Morgan fingerprint density at radius 1 is 1.04 bits per heavy atom. The predicted molar refractivity (Wildman–Crippen MR) is 84.5 cm³/mol. The van der Waals surface area contributed by atoms with Crippen molar-refractivity contribution in [2.75, 3.05) is 6.54 Å². The Hall–Kier alpha value is -3.17. The lowest BCUT2D eigenvalue weighted by molar-refractivity contribution is 0.322. The summed E-state index contributed by atoms with van der Waals surface area (Å²) in [5.41, 5.74) is 3.23. The summed E-state index contributed by atoms with van der Waals surface area (Å²) in [7, 11) is 0. The van der Waals surface area contributed by atoms with Crippen LogP contribution >= 0.6 is 0 Å². The molecule has 0 saturated carbocycles. The molecule has 5 heteroatoms. The van der Waals surface area contributed by atoms with Crippen molar-refractivity contribution in [2.24, 2.45) is 0 Å². The van der Waals surface area contributed by atoms with Crippen molar-refractivity contribution in [1.82, 2.24) is 4.90 Å². The summed E-state index contributed by atoms with van der Waals surface area (Å²) >= 11 is 0. The second-order valence-corrected chi connectivity index (χ2v) is 5.69. The standard InChI is InChI=1S/C18H13NO4/c1-9-12-7-17(22)16(21)6-11(12)4-14-13-8-18(23)15(20)5-10(13)2-3-19(9)14/h2,4-7H,3H2,1H3,(H3-,20,21,22,23)/p+1. The summed E-state index contributed by atoms with van der Waals surface area (Å²) in [6.07, 6.45) is 8.14. The normalized spacial score (nSPS) is 18.7. The van der Waals surface area contributed by atoms with E-state index in [4.69, 9.17) is 0 Å². The fourth-order valence-corrected chi connectivity index (χ4v) is 3.12. The highest BCUT2D eigenvalue weighted by atomic mass is 16.3. The zero-order valence-electron chi connectivity index (χ0n) is 12.3. The molecule has 3 aliphatic rings. The lowest BCUT2D eigenvalue weighted by atomic mass is 9.91. The van der Waals surface area contributed by atoms with Crippen LogP contribution in [0.15, 0.2) is 52.6 Å². The van der Waals surface area contributed by atoms with Gasteiger partial charge in [-0.2, -0.15) is 0 Å². The van der Waals surface area contributed by atoms with E-state index in [1.165, 1.54) is 12.1 Å². The molecule has 0 atom stereocenters. The van der Waals surface area contributed by atoms with E-state index in [9.17, 15) is 20.4 Å². The van der Waals surface area contributed by atoms with Crippen LogP contribution in [0.25, 0.3) is 11.8 Å². The molecule has 0 saturated heterocycles. The third kappa shape index (κ3) is 1.84. The number of nitrogens with zero attached hydrogens (tertiary/aromatic N) is 1. The average molecular weight is 308 g/mol. The highest BCUT2D eigenvalue weighted by Gasteiger charge is 2.33. The van der Waals surface area contributed by atoms with Gasteiger partial charge >= 0.3 is 5.76 Å². The van der Waals surface area contributed by atoms with Crippen molar-refractivity contribution >= 4 is 11.8 Å². The zero-order chi connectivity index (χ0) is 16.3. The third-order valence-electron chi connectivity index (χ3n) is 4.34.